The van der Waals surface area contributed by atoms with Crippen LogP contribution in [0.5, 0.6) is 0 Å². The minimum Gasteiger partial charge on any atom is -0.345 e. The van der Waals surface area contributed by atoms with Gasteiger partial charge in [0.15, 0.2) is 0 Å². The van der Waals surface area contributed by atoms with Crippen molar-refractivity contribution in [2.75, 3.05) is 0 Å². The van der Waals surface area contributed by atoms with Gasteiger partial charge in [0.2, 0.25) is 0 Å². The summed E-state index contributed by atoms with van der Waals surface area (Å²) in [6, 6.07) is 6.07. The second-order valence-electron chi connectivity index (χ2n) is 3.12. The molecule has 2 rings (SSSR count). The summed E-state index contributed by atoms with van der Waals surface area (Å²) in [7, 11) is 0. The van der Waals surface area contributed by atoms with E-state index in [1.807, 2.05) is 12.1 Å². The van der Waals surface area contributed by atoms with Gasteiger partial charge >= 0.3 is 0 Å². The van der Waals surface area contributed by atoms with E-state index < -0.39 is 0 Å². The molecule has 13 heavy (non-hydrogen) atoms. The number of hydrogen-bond donors (Lipinski definition) is 2. The highest BCUT2D eigenvalue weighted by Gasteiger charge is 2.09. The van der Waals surface area contributed by atoms with Crippen LogP contribution in [-0.2, 0) is 6.54 Å². The predicted octanol–water partition coefficient (Wildman–Crippen LogP) is 2.59. The molecule has 0 amide bonds. The summed E-state index contributed by atoms with van der Waals surface area (Å²) in [5, 5.41) is 1.82. The third-order valence-corrected chi connectivity index (χ3v) is 2.61. The van der Waals surface area contributed by atoms with Crippen LogP contribution in [0.15, 0.2) is 18.2 Å². The molecule has 0 aliphatic carbocycles. The normalized spacial score (nSPS) is 11.0. The molecule has 3 N–H and O–H groups in total. The highest BCUT2D eigenvalue weighted by molar-refractivity contribution is 6.31. The fourth-order valence-electron chi connectivity index (χ4n) is 1.67. The molecule has 68 valence electrons. The van der Waals surface area contributed by atoms with Gasteiger partial charge in [0.25, 0.3) is 0 Å². The van der Waals surface area contributed by atoms with Crippen LogP contribution in [0.3, 0.4) is 0 Å². The van der Waals surface area contributed by atoms with Crippen LogP contribution in [0.25, 0.3) is 10.9 Å². The van der Waals surface area contributed by atoms with E-state index in [4.69, 9.17) is 17.3 Å². The molecular formula is C10H11ClN2. The quantitative estimate of drug-likeness (QED) is 0.720. The molecule has 2 nitrogen and oxygen atoms in total. The maximum absolute atomic E-state index is 6.00. The van der Waals surface area contributed by atoms with Gasteiger partial charge in [-0.05, 0) is 18.6 Å². The van der Waals surface area contributed by atoms with Crippen LogP contribution in [0, 0.1) is 6.92 Å². The molecule has 0 fully saturated rings. The number of nitrogens with two attached hydrogens (primary N) is 1. The van der Waals surface area contributed by atoms with Crippen molar-refractivity contribution >= 4 is 22.5 Å². The standard InChI is InChI=1S/C10H11ClN2/c1-6-3-2-4-8-9(6)7(5-12)10(11)13-8/h2-4,13H,5,12H2,1H3. The molecule has 0 saturated carbocycles. The largest absolute Gasteiger partial charge is 0.345 e. The van der Waals surface area contributed by atoms with Crippen molar-refractivity contribution < 1.29 is 0 Å². The summed E-state index contributed by atoms with van der Waals surface area (Å²) in [5.74, 6) is 0. The van der Waals surface area contributed by atoms with E-state index in [2.05, 4.69) is 18.0 Å². The second kappa shape index (κ2) is 3.05. The van der Waals surface area contributed by atoms with Gasteiger partial charge in [-0.15, -0.1) is 0 Å². The van der Waals surface area contributed by atoms with Gasteiger partial charge in [-0.1, -0.05) is 23.7 Å². The van der Waals surface area contributed by atoms with Crippen LogP contribution >= 0.6 is 11.6 Å². The first kappa shape index (κ1) is 8.60. The average molecular weight is 195 g/mol. The van der Waals surface area contributed by atoms with E-state index in [1.165, 1.54) is 5.56 Å². The van der Waals surface area contributed by atoms with Gasteiger partial charge in [0.05, 0.1) is 0 Å². The lowest BCUT2D eigenvalue weighted by molar-refractivity contribution is 1.08. The molecule has 0 saturated heterocycles. The number of aromatic nitrogens is 1. The molecule has 3 heteroatoms. The van der Waals surface area contributed by atoms with E-state index in [0.29, 0.717) is 11.7 Å². The van der Waals surface area contributed by atoms with Crippen LogP contribution in [0.4, 0.5) is 0 Å². The summed E-state index contributed by atoms with van der Waals surface area (Å²) >= 11 is 6.00. The second-order valence-corrected chi connectivity index (χ2v) is 3.50. The van der Waals surface area contributed by atoms with Crippen LogP contribution < -0.4 is 5.73 Å². The Hall–Kier alpha value is -0.990. The average Bonchev–Trinajstić information content (AvgIpc) is 2.42. The van der Waals surface area contributed by atoms with Crippen molar-refractivity contribution in [2.24, 2.45) is 5.73 Å². The lowest BCUT2D eigenvalue weighted by Gasteiger charge is -1.98. The Bertz CT molecular complexity index is 445. The van der Waals surface area contributed by atoms with Gasteiger partial charge in [0.1, 0.15) is 5.15 Å². The fourth-order valence-corrected chi connectivity index (χ4v) is 1.94. The van der Waals surface area contributed by atoms with Gasteiger partial charge in [-0.2, -0.15) is 0 Å². The third kappa shape index (κ3) is 1.23. The Morgan fingerprint density at radius 3 is 2.92 bits per heavy atom. The number of aromatic amines is 1. The first-order valence-corrected chi connectivity index (χ1v) is 4.57. The zero-order chi connectivity index (χ0) is 9.42. The highest BCUT2D eigenvalue weighted by Crippen LogP contribution is 2.27. The molecule has 0 atom stereocenters. The number of benzene rings is 1. The smallest absolute Gasteiger partial charge is 0.111 e. The molecule has 0 aliphatic heterocycles. The van der Waals surface area contributed by atoms with Crippen molar-refractivity contribution in [2.45, 2.75) is 13.5 Å². The lowest BCUT2D eigenvalue weighted by Crippen LogP contribution is -1.96. The Labute approximate surface area is 81.7 Å². The summed E-state index contributed by atoms with van der Waals surface area (Å²) < 4.78 is 0. The molecule has 0 aliphatic rings. The van der Waals surface area contributed by atoms with Crippen molar-refractivity contribution in [3.05, 3.63) is 34.5 Å². The molecule has 0 bridgehead atoms. The summed E-state index contributed by atoms with van der Waals surface area (Å²) in [4.78, 5) is 3.10. The van der Waals surface area contributed by atoms with Crippen molar-refractivity contribution in [3.63, 3.8) is 0 Å². The van der Waals surface area contributed by atoms with E-state index in [1.54, 1.807) is 0 Å². The van der Waals surface area contributed by atoms with Gasteiger partial charge < -0.3 is 10.7 Å². The fraction of sp³-hybridized carbons (Fsp3) is 0.200. The Morgan fingerprint density at radius 1 is 1.46 bits per heavy atom. The highest BCUT2D eigenvalue weighted by atomic mass is 35.5. The van der Waals surface area contributed by atoms with Crippen molar-refractivity contribution in [1.29, 1.82) is 0 Å². The van der Waals surface area contributed by atoms with Crippen LogP contribution in [-0.4, -0.2) is 4.98 Å². The lowest BCUT2D eigenvalue weighted by atomic mass is 10.1. The van der Waals surface area contributed by atoms with Crippen LogP contribution in [0.2, 0.25) is 5.15 Å². The Kier molecular flexibility index (Phi) is 2.02. The number of hydrogen-bond acceptors (Lipinski definition) is 1. The molecule has 1 aromatic carbocycles. The molecule has 1 aromatic heterocycles. The maximum atomic E-state index is 6.00. The molecule has 0 radical (unpaired) electrons. The number of fused-ring (bicyclic) bond motifs is 1. The Balaban J connectivity index is 2.88. The van der Waals surface area contributed by atoms with Crippen LogP contribution in [0.1, 0.15) is 11.1 Å². The van der Waals surface area contributed by atoms with E-state index in [-0.39, 0.29) is 0 Å². The molecule has 0 spiro atoms. The topological polar surface area (TPSA) is 41.8 Å². The number of aryl methyl sites for hydroxylation is 1. The monoisotopic (exact) mass is 194 g/mol. The van der Waals surface area contributed by atoms with Crippen molar-refractivity contribution in [1.82, 2.24) is 4.98 Å². The van der Waals surface area contributed by atoms with Gasteiger partial charge in [-0.3, -0.25) is 0 Å². The van der Waals surface area contributed by atoms with Crippen molar-refractivity contribution in [3.8, 4) is 0 Å². The Morgan fingerprint density at radius 2 is 2.23 bits per heavy atom. The minimum atomic E-state index is 0.476. The third-order valence-electron chi connectivity index (χ3n) is 2.29. The first-order chi connectivity index (χ1) is 6.24. The minimum absolute atomic E-state index is 0.476. The number of rotatable bonds is 1. The summed E-state index contributed by atoms with van der Waals surface area (Å²) in [5.41, 5.74) is 8.90. The predicted molar refractivity (Wildman–Crippen MR) is 55.9 cm³/mol. The van der Waals surface area contributed by atoms with Gasteiger partial charge in [0, 0.05) is 23.0 Å². The summed E-state index contributed by atoms with van der Waals surface area (Å²) in [6.07, 6.45) is 0. The maximum Gasteiger partial charge on any atom is 0.111 e. The zero-order valence-corrected chi connectivity index (χ0v) is 8.15. The molecule has 0 unspecified atom stereocenters. The van der Waals surface area contributed by atoms with E-state index in [9.17, 15) is 0 Å². The van der Waals surface area contributed by atoms with E-state index >= 15 is 0 Å². The zero-order valence-electron chi connectivity index (χ0n) is 7.39. The molecule has 1 heterocycles. The first-order valence-electron chi connectivity index (χ1n) is 4.19. The number of nitrogens with one attached hydrogen (secondary N) is 1. The summed E-state index contributed by atoms with van der Waals surface area (Å²) in [6.45, 7) is 2.54. The molecular weight excluding hydrogens is 184 g/mol. The SMILES string of the molecule is Cc1cccc2[nH]c(Cl)c(CN)c12. The van der Waals surface area contributed by atoms with E-state index in [0.717, 1.165) is 16.5 Å². The molecule has 2 aromatic rings. The van der Waals surface area contributed by atoms with Gasteiger partial charge in [-0.25, -0.2) is 0 Å². The number of H-pyrrole nitrogens is 1. The number of halogens is 1.